The lowest BCUT2D eigenvalue weighted by Gasteiger charge is -2.08. The predicted octanol–water partition coefficient (Wildman–Crippen LogP) is 3.69. The van der Waals surface area contributed by atoms with E-state index in [0.717, 1.165) is 23.2 Å². The maximum Gasteiger partial charge on any atom is 0.150 e. The van der Waals surface area contributed by atoms with E-state index < -0.39 is 0 Å². The lowest BCUT2D eigenvalue weighted by Crippen LogP contribution is -1.97. The fourth-order valence-electron chi connectivity index (χ4n) is 1.90. The summed E-state index contributed by atoms with van der Waals surface area (Å²) < 4.78 is 5.71. The second-order valence-corrected chi connectivity index (χ2v) is 4.47. The van der Waals surface area contributed by atoms with Gasteiger partial charge in [0, 0.05) is 5.56 Å². The van der Waals surface area contributed by atoms with Crippen LogP contribution >= 0.6 is 0 Å². The second-order valence-electron chi connectivity index (χ2n) is 4.47. The fraction of sp³-hybridized carbons (Fsp3) is 0.188. The van der Waals surface area contributed by atoms with Gasteiger partial charge in [0.1, 0.15) is 18.6 Å². The van der Waals surface area contributed by atoms with Crippen molar-refractivity contribution in [3.8, 4) is 5.75 Å². The van der Waals surface area contributed by atoms with Crippen molar-refractivity contribution in [3.05, 3.63) is 64.7 Å². The largest absolute Gasteiger partial charge is 0.489 e. The van der Waals surface area contributed by atoms with Gasteiger partial charge in [-0.3, -0.25) is 4.79 Å². The summed E-state index contributed by atoms with van der Waals surface area (Å²) in [7, 11) is 0. The lowest BCUT2D eigenvalue weighted by atomic mass is 10.1. The Hall–Kier alpha value is -2.09. The van der Waals surface area contributed by atoms with Crippen LogP contribution in [0.15, 0.2) is 42.5 Å². The van der Waals surface area contributed by atoms with E-state index in [-0.39, 0.29) is 0 Å². The summed E-state index contributed by atoms with van der Waals surface area (Å²) in [6.45, 7) is 4.52. The Labute approximate surface area is 107 Å². The SMILES string of the molecule is Cc1cccc(COc2cc(C)cc(C=O)c2)c1. The highest BCUT2D eigenvalue weighted by Crippen LogP contribution is 2.17. The van der Waals surface area contributed by atoms with Gasteiger partial charge in [0.25, 0.3) is 0 Å². The summed E-state index contributed by atoms with van der Waals surface area (Å²) in [6, 6.07) is 13.7. The molecular weight excluding hydrogens is 224 g/mol. The minimum atomic E-state index is 0.517. The zero-order valence-electron chi connectivity index (χ0n) is 10.6. The highest BCUT2D eigenvalue weighted by molar-refractivity contribution is 5.76. The standard InChI is InChI=1S/C16H16O2/c1-12-4-3-5-14(6-12)11-18-16-8-13(2)7-15(9-16)10-17/h3-10H,11H2,1-2H3. The van der Waals surface area contributed by atoms with Crippen LogP contribution in [0.1, 0.15) is 27.0 Å². The van der Waals surface area contributed by atoms with Crippen LogP contribution in [0.2, 0.25) is 0 Å². The van der Waals surface area contributed by atoms with Crippen molar-refractivity contribution in [2.24, 2.45) is 0 Å². The van der Waals surface area contributed by atoms with Gasteiger partial charge in [-0.25, -0.2) is 0 Å². The third-order valence-electron chi connectivity index (χ3n) is 2.70. The number of hydrogen-bond acceptors (Lipinski definition) is 2. The highest BCUT2D eigenvalue weighted by Gasteiger charge is 2.00. The zero-order valence-corrected chi connectivity index (χ0v) is 10.6. The van der Waals surface area contributed by atoms with Crippen LogP contribution in [0.5, 0.6) is 5.75 Å². The molecule has 0 spiro atoms. The molecule has 2 nitrogen and oxygen atoms in total. The Bertz CT molecular complexity index is 559. The van der Waals surface area contributed by atoms with Crippen molar-refractivity contribution in [2.75, 3.05) is 0 Å². The second kappa shape index (κ2) is 5.50. The summed E-state index contributed by atoms with van der Waals surface area (Å²) in [4.78, 5) is 10.8. The molecule has 18 heavy (non-hydrogen) atoms. The number of rotatable bonds is 4. The van der Waals surface area contributed by atoms with Gasteiger partial charge in [0.2, 0.25) is 0 Å². The first kappa shape index (κ1) is 12.4. The molecule has 0 atom stereocenters. The molecule has 0 aliphatic carbocycles. The predicted molar refractivity (Wildman–Crippen MR) is 72.1 cm³/mol. The van der Waals surface area contributed by atoms with Crippen LogP contribution in [0.4, 0.5) is 0 Å². The number of aldehydes is 1. The third-order valence-corrected chi connectivity index (χ3v) is 2.70. The zero-order chi connectivity index (χ0) is 13.0. The van der Waals surface area contributed by atoms with E-state index in [2.05, 4.69) is 19.1 Å². The first-order valence-electron chi connectivity index (χ1n) is 5.92. The van der Waals surface area contributed by atoms with Crippen LogP contribution < -0.4 is 4.74 Å². The van der Waals surface area contributed by atoms with Gasteiger partial charge in [-0.05, 0) is 43.2 Å². The Morgan fingerprint density at radius 2 is 1.89 bits per heavy atom. The minimum Gasteiger partial charge on any atom is -0.489 e. The van der Waals surface area contributed by atoms with Crippen molar-refractivity contribution in [1.29, 1.82) is 0 Å². The molecule has 2 aromatic carbocycles. The van der Waals surface area contributed by atoms with E-state index in [1.807, 2.05) is 31.2 Å². The van der Waals surface area contributed by atoms with Crippen molar-refractivity contribution >= 4 is 6.29 Å². The smallest absolute Gasteiger partial charge is 0.150 e. The summed E-state index contributed by atoms with van der Waals surface area (Å²) in [6.07, 6.45) is 0.840. The highest BCUT2D eigenvalue weighted by atomic mass is 16.5. The van der Waals surface area contributed by atoms with Crippen molar-refractivity contribution < 1.29 is 9.53 Å². The van der Waals surface area contributed by atoms with Crippen LogP contribution in [-0.4, -0.2) is 6.29 Å². The van der Waals surface area contributed by atoms with E-state index in [1.165, 1.54) is 5.56 Å². The first-order valence-corrected chi connectivity index (χ1v) is 5.92. The van der Waals surface area contributed by atoms with Crippen molar-refractivity contribution in [3.63, 3.8) is 0 Å². The first-order chi connectivity index (χ1) is 8.67. The maximum atomic E-state index is 10.8. The maximum absolute atomic E-state index is 10.8. The monoisotopic (exact) mass is 240 g/mol. The normalized spacial score (nSPS) is 10.1. The molecule has 0 fully saturated rings. The number of benzene rings is 2. The van der Waals surface area contributed by atoms with E-state index in [1.54, 1.807) is 6.07 Å². The molecule has 0 N–H and O–H groups in total. The van der Waals surface area contributed by atoms with Crippen molar-refractivity contribution in [1.82, 2.24) is 0 Å². The lowest BCUT2D eigenvalue weighted by molar-refractivity contribution is 0.112. The molecule has 2 heteroatoms. The molecule has 92 valence electrons. The van der Waals surface area contributed by atoms with Crippen LogP contribution in [0.3, 0.4) is 0 Å². The van der Waals surface area contributed by atoms with Gasteiger partial charge in [-0.1, -0.05) is 29.8 Å². The molecule has 0 bridgehead atoms. The summed E-state index contributed by atoms with van der Waals surface area (Å²) in [5, 5.41) is 0. The minimum absolute atomic E-state index is 0.517. The van der Waals surface area contributed by atoms with Crippen LogP contribution in [0.25, 0.3) is 0 Å². The molecular formula is C16H16O2. The van der Waals surface area contributed by atoms with Gasteiger partial charge in [-0.15, -0.1) is 0 Å². The van der Waals surface area contributed by atoms with Gasteiger partial charge in [-0.2, -0.15) is 0 Å². The fourth-order valence-corrected chi connectivity index (χ4v) is 1.90. The van der Waals surface area contributed by atoms with E-state index >= 15 is 0 Å². The van der Waals surface area contributed by atoms with Crippen LogP contribution in [0, 0.1) is 13.8 Å². The molecule has 0 heterocycles. The molecule has 2 rings (SSSR count). The van der Waals surface area contributed by atoms with E-state index in [4.69, 9.17) is 4.74 Å². The summed E-state index contributed by atoms with van der Waals surface area (Å²) in [5.41, 5.74) is 4.02. The summed E-state index contributed by atoms with van der Waals surface area (Å²) in [5.74, 6) is 0.735. The number of carbonyl (C=O) groups excluding carboxylic acids is 1. The number of aryl methyl sites for hydroxylation is 2. The molecule has 0 aliphatic rings. The Morgan fingerprint density at radius 1 is 1.06 bits per heavy atom. The molecule has 0 amide bonds. The van der Waals surface area contributed by atoms with Gasteiger partial charge in [0.15, 0.2) is 0 Å². The van der Waals surface area contributed by atoms with Gasteiger partial charge in [0.05, 0.1) is 0 Å². The van der Waals surface area contributed by atoms with Crippen molar-refractivity contribution in [2.45, 2.75) is 20.5 Å². The molecule has 0 aliphatic heterocycles. The molecule has 0 aromatic heterocycles. The average Bonchev–Trinajstić information content (AvgIpc) is 2.36. The van der Waals surface area contributed by atoms with Gasteiger partial charge < -0.3 is 4.74 Å². The van der Waals surface area contributed by atoms with Gasteiger partial charge >= 0.3 is 0 Å². The number of carbonyl (C=O) groups is 1. The Kier molecular flexibility index (Phi) is 3.78. The Balaban J connectivity index is 2.10. The molecule has 0 saturated carbocycles. The number of hydrogen-bond donors (Lipinski definition) is 0. The molecule has 2 aromatic rings. The quantitative estimate of drug-likeness (QED) is 0.762. The van der Waals surface area contributed by atoms with Crippen LogP contribution in [-0.2, 0) is 6.61 Å². The topological polar surface area (TPSA) is 26.3 Å². The third kappa shape index (κ3) is 3.20. The number of ether oxygens (including phenoxy) is 1. The molecule has 0 unspecified atom stereocenters. The molecule has 0 saturated heterocycles. The molecule has 0 radical (unpaired) electrons. The van der Waals surface area contributed by atoms with E-state index in [9.17, 15) is 4.79 Å². The average molecular weight is 240 g/mol. The van der Waals surface area contributed by atoms with E-state index in [0.29, 0.717) is 12.2 Å². The summed E-state index contributed by atoms with van der Waals surface area (Å²) >= 11 is 0. The Morgan fingerprint density at radius 3 is 2.61 bits per heavy atom.